The van der Waals surface area contributed by atoms with Gasteiger partial charge in [0.2, 0.25) is 0 Å². The highest BCUT2D eigenvalue weighted by Crippen LogP contribution is 2.42. The van der Waals surface area contributed by atoms with Crippen LogP contribution in [0.5, 0.6) is 23.0 Å². The van der Waals surface area contributed by atoms with Crippen molar-refractivity contribution in [2.45, 2.75) is 57.8 Å². The number of benzene rings is 8. The van der Waals surface area contributed by atoms with Crippen LogP contribution in [0.15, 0.2) is 158 Å². The lowest BCUT2D eigenvalue weighted by molar-refractivity contribution is 0.0877. The van der Waals surface area contributed by atoms with Gasteiger partial charge in [0.05, 0.1) is 11.4 Å². The summed E-state index contributed by atoms with van der Waals surface area (Å²) in [6.07, 6.45) is 6.99. The summed E-state index contributed by atoms with van der Waals surface area (Å²) in [6, 6.07) is 49.4. The molecule has 12 rings (SSSR count). The maximum Gasteiger partial charge on any atom is 0.265 e. The van der Waals surface area contributed by atoms with Gasteiger partial charge in [-0.3, -0.25) is 19.2 Å². The molecule has 4 heterocycles. The highest BCUT2D eigenvalue weighted by molar-refractivity contribution is 6.37. The van der Waals surface area contributed by atoms with Gasteiger partial charge in [-0.15, -0.1) is 0 Å². The standard InChI is InChI=1S/C61H52N4O6/c1-61(2,39-15-23-43(24-16-39)70-45-27-19-41(20-28-45)64-57(66)49-13-9-11-47-53(62-35-5-3-6-36-62)33-31-51(55(47)49)59(64)68)40-17-25-44(26-18-40)71-46-29-21-42(22-30-46)65-58(67)50-14-10-12-48-54(63-37-7-4-8-38-63)34-32-52(56(48)50)60(65)69/h9-34H,3-8,35-38H2,1-2H3. The third-order valence-corrected chi connectivity index (χ3v) is 15.0. The van der Waals surface area contributed by atoms with Crippen molar-refractivity contribution in [3.8, 4) is 23.0 Å². The number of rotatable bonds is 10. The van der Waals surface area contributed by atoms with Gasteiger partial charge in [0, 0.05) is 86.8 Å². The smallest absolute Gasteiger partial charge is 0.265 e. The number of nitrogens with zero attached hydrogens (tertiary/aromatic N) is 4. The van der Waals surface area contributed by atoms with Crippen LogP contribution in [0.3, 0.4) is 0 Å². The molecule has 8 aromatic carbocycles. The molecule has 4 aliphatic rings. The van der Waals surface area contributed by atoms with Gasteiger partial charge >= 0.3 is 0 Å². The summed E-state index contributed by atoms with van der Waals surface area (Å²) in [4.78, 5) is 63.2. The minimum absolute atomic E-state index is 0.331. The van der Waals surface area contributed by atoms with E-state index in [-0.39, 0.29) is 29.0 Å². The van der Waals surface area contributed by atoms with E-state index in [0.717, 1.165) is 95.9 Å². The number of carbonyl (C=O) groups excluding carboxylic acids is 4. The van der Waals surface area contributed by atoms with E-state index in [0.29, 0.717) is 56.6 Å². The molecule has 0 saturated carbocycles. The van der Waals surface area contributed by atoms with Crippen molar-refractivity contribution < 1.29 is 28.7 Å². The van der Waals surface area contributed by atoms with Crippen molar-refractivity contribution in [2.24, 2.45) is 0 Å². The first-order valence-corrected chi connectivity index (χ1v) is 24.8. The van der Waals surface area contributed by atoms with Gasteiger partial charge in [-0.05, 0) is 159 Å². The summed E-state index contributed by atoms with van der Waals surface area (Å²) in [6.45, 7) is 8.23. The molecule has 8 aromatic rings. The van der Waals surface area contributed by atoms with Gasteiger partial charge in [0.1, 0.15) is 23.0 Å². The fraction of sp³-hybridized carbons (Fsp3) is 0.213. The summed E-state index contributed by atoms with van der Waals surface area (Å²) in [5, 5.41) is 3.37. The van der Waals surface area contributed by atoms with Crippen molar-refractivity contribution in [1.82, 2.24) is 0 Å². The van der Waals surface area contributed by atoms with E-state index in [1.165, 1.54) is 22.6 Å². The zero-order valence-corrected chi connectivity index (χ0v) is 39.8. The normalized spacial score (nSPS) is 16.0. The highest BCUT2D eigenvalue weighted by atomic mass is 16.5. The molecule has 0 unspecified atom stereocenters. The minimum atomic E-state index is -0.350. The van der Waals surface area contributed by atoms with Crippen molar-refractivity contribution in [1.29, 1.82) is 0 Å². The lowest BCUT2D eigenvalue weighted by atomic mass is 9.78. The molecule has 2 saturated heterocycles. The van der Waals surface area contributed by atoms with Crippen LogP contribution in [0.4, 0.5) is 22.7 Å². The molecule has 0 atom stereocenters. The summed E-state index contributed by atoms with van der Waals surface area (Å²) in [7, 11) is 0. The third-order valence-electron chi connectivity index (χ3n) is 15.0. The quantitative estimate of drug-likeness (QED) is 0.125. The SMILES string of the molecule is CC(C)(c1ccc(Oc2ccc(N3C(=O)c4cccc5c(N6CCCCC6)ccc(c45)C3=O)cc2)cc1)c1ccc(Oc2ccc(N3C(=O)c4cccc5c(N6CCCCC6)ccc(c45)C3=O)cc2)cc1. The Hall–Kier alpha value is -8.24. The van der Waals surface area contributed by atoms with Gasteiger partial charge in [0.15, 0.2) is 0 Å². The summed E-state index contributed by atoms with van der Waals surface area (Å²) in [5.41, 5.74) is 7.09. The summed E-state index contributed by atoms with van der Waals surface area (Å²) < 4.78 is 12.5. The Morgan fingerprint density at radius 1 is 0.366 bits per heavy atom. The molecule has 0 spiro atoms. The fourth-order valence-corrected chi connectivity index (χ4v) is 11.1. The number of hydrogen-bond acceptors (Lipinski definition) is 8. The first-order chi connectivity index (χ1) is 34.6. The van der Waals surface area contributed by atoms with Crippen LogP contribution in [-0.4, -0.2) is 49.8 Å². The lowest BCUT2D eigenvalue weighted by Gasteiger charge is -2.32. The van der Waals surface area contributed by atoms with Crippen molar-refractivity contribution in [3.63, 3.8) is 0 Å². The van der Waals surface area contributed by atoms with Crippen LogP contribution in [0.1, 0.15) is 105 Å². The number of amides is 4. The van der Waals surface area contributed by atoms with E-state index in [1.807, 2.05) is 84.9 Å². The monoisotopic (exact) mass is 936 g/mol. The molecule has 0 aromatic heterocycles. The van der Waals surface area contributed by atoms with E-state index >= 15 is 0 Å². The molecule has 4 amide bonds. The Morgan fingerprint density at radius 3 is 1.04 bits per heavy atom. The molecular formula is C61H52N4O6. The van der Waals surface area contributed by atoms with E-state index < -0.39 is 0 Å². The van der Waals surface area contributed by atoms with Crippen LogP contribution in [-0.2, 0) is 5.41 Å². The Bertz CT molecular complexity index is 3150. The molecule has 0 bridgehead atoms. The van der Waals surface area contributed by atoms with E-state index in [2.05, 4.69) is 47.9 Å². The van der Waals surface area contributed by atoms with Gasteiger partial charge in [0.25, 0.3) is 23.6 Å². The van der Waals surface area contributed by atoms with E-state index in [9.17, 15) is 19.2 Å². The molecule has 10 nitrogen and oxygen atoms in total. The Labute approximate surface area is 412 Å². The minimum Gasteiger partial charge on any atom is -0.457 e. The lowest BCUT2D eigenvalue weighted by Crippen LogP contribution is -2.40. The molecule has 352 valence electrons. The molecule has 0 N–H and O–H groups in total. The van der Waals surface area contributed by atoms with Gasteiger partial charge < -0.3 is 19.3 Å². The topological polar surface area (TPSA) is 99.7 Å². The van der Waals surface area contributed by atoms with Gasteiger partial charge in [-0.25, -0.2) is 9.80 Å². The third kappa shape index (κ3) is 7.65. The maximum atomic E-state index is 14.0. The fourth-order valence-electron chi connectivity index (χ4n) is 11.1. The second-order valence-electron chi connectivity index (χ2n) is 19.6. The molecule has 71 heavy (non-hydrogen) atoms. The second-order valence-corrected chi connectivity index (χ2v) is 19.6. The Balaban J connectivity index is 0.689. The predicted molar refractivity (Wildman–Crippen MR) is 280 cm³/mol. The molecule has 2 fully saturated rings. The van der Waals surface area contributed by atoms with Crippen molar-refractivity contribution in [3.05, 3.63) is 191 Å². The molecule has 0 aliphatic carbocycles. The Kier molecular flexibility index (Phi) is 10.9. The number of hydrogen-bond donors (Lipinski definition) is 0. The predicted octanol–water partition coefficient (Wildman–Crippen LogP) is 13.5. The van der Waals surface area contributed by atoms with Crippen LogP contribution >= 0.6 is 0 Å². The van der Waals surface area contributed by atoms with E-state index in [4.69, 9.17) is 9.47 Å². The second kappa shape index (κ2) is 17.6. The maximum absolute atomic E-state index is 14.0. The molecule has 4 aliphatic heterocycles. The number of carbonyl (C=O) groups is 4. The highest BCUT2D eigenvalue weighted by Gasteiger charge is 2.37. The number of anilines is 4. The van der Waals surface area contributed by atoms with Crippen molar-refractivity contribution >= 4 is 67.9 Å². The zero-order valence-electron chi connectivity index (χ0n) is 39.8. The molecule has 10 heteroatoms. The van der Waals surface area contributed by atoms with Crippen LogP contribution in [0.25, 0.3) is 21.5 Å². The number of piperidine rings is 2. The first kappa shape index (κ1) is 44.0. The number of imide groups is 2. The van der Waals surface area contributed by atoms with Gasteiger partial charge in [-0.1, -0.05) is 62.4 Å². The number of ether oxygens (including phenoxy) is 2. The average Bonchev–Trinajstić information content (AvgIpc) is 3.41. The molecular weight excluding hydrogens is 885 g/mol. The van der Waals surface area contributed by atoms with Gasteiger partial charge in [-0.2, -0.15) is 0 Å². The summed E-state index contributed by atoms with van der Waals surface area (Å²) >= 11 is 0. The summed E-state index contributed by atoms with van der Waals surface area (Å²) in [5.74, 6) is 1.14. The zero-order chi connectivity index (χ0) is 48.4. The van der Waals surface area contributed by atoms with Crippen LogP contribution in [0, 0.1) is 0 Å². The first-order valence-electron chi connectivity index (χ1n) is 24.8. The van der Waals surface area contributed by atoms with Crippen LogP contribution in [0.2, 0.25) is 0 Å². The largest absolute Gasteiger partial charge is 0.457 e. The van der Waals surface area contributed by atoms with Crippen molar-refractivity contribution in [2.75, 3.05) is 45.8 Å². The average molecular weight is 937 g/mol. The van der Waals surface area contributed by atoms with E-state index in [1.54, 1.807) is 48.5 Å². The molecule has 0 radical (unpaired) electrons. The van der Waals surface area contributed by atoms with Crippen LogP contribution < -0.4 is 29.1 Å². The Morgan fingerprint density at radius 2 is 0.690 bits per heavy atom.